The number of nitrogens with zero attached hydrogens (tertiary/aromatic N) is 1. The fourth-order valence-electron chi connectivity index (χ4n) is 3.33. The maximum absolute atomic E-state index is 14.2. The van der Waals surface area contributed by atoms with E-state index in [1.807, 2.05) is 50.2 Å². The zero-order valence-corrected chi connectivity index (χ0v) is 17.3. The van der Waals surface area contributed by atoms with Gasteiger partial charge in [0.1, 0.15) is 16.4 Å². The lowest BCUT2D eigenvalue weighted by Crippen LogP contribution is -2.32. The molecule has 4 rings (SSSR count). The molecule has 1 heterocycles. The Hall–Kier alpha value is -3.38. The van der Waals surface area contributed by atoms with Crippen molar-refractivity contribution in [2.24, 2.45) is 0 Å². The van der Waals surface area contributed by atoms with Gasteiger partial charge in [-0.1, -0.05) is 48.2 Å². The lowest BCUT2D eigenvalue weighted by atomic mass is 10.1. The number of anilines is 2. The molecule has 6 heteroatoms. The van der Waals surface area contributed by atoms with Crippen molar-refractivity contribution in [3.05, 3.63) is 100 Å². The second kappa shape index (κ2) is 8.16. The summed E-state index contributed by atoms with van der Waals surface area (Å²) in [5, 5.41) is 2.86. The standard InChI is InChI=1S/C24H19FN2O2S/c1-15-12-16(2)14-17(13-15)27-23(28)21(26-20-11-7-6-10-19(20)25)22(24(27)29)30-18-8-4-3-5-9-18/h3-14,26H,1-2H3. The smallest absolute Gasteiger partial charge is 0.283 e. The van der Waals surface area contributed by atoms with Crippen LogP contribution in [-0.2, 0) is 9.59 Å². The van der Waals surface area contributed by atoms with Crippen molar-refractivity contribution < 1.29 is 14.0 Å². The Kier molecular flexibility index (Phi) is 5.42. The minimum Gasteiger partial charge on any atom is -0.348 e. The van der Waals surface area contributed by atoms with Crippen molar-refractivity contribution >= 4 is 35.0 Å². The molecule has 0 bridgehead atoms. The van der Waals surface area contributed by atoms with Gasteiger partial charge in [0.05, 0.1) is 11.4 Å². The lowest BCUT2D eigenvalue weighted by Gasteiger charge is -2.17. The van der Waals surface area contributed by atoms with Gasteiger partial charge < -0.3 is 5.32 Å². The molecule has 0 saturated carbocycles. The van der Waals surface area contributed by atoms with E-state index in [0.29, 0.717) is 5.69 Å². The first-order valence-corrected chi connectivity index (χ1v) is 10.2. The van der Waals surface area contributed by atoms with Gasteiger partial charge in [0.15, 0.2) is 0 Å². The zero-order valence-electron chi connectivity index (χ0n) is 16.5. The van der Waals surface area contributed by atoms with Crippen LogP contribution >= 0.6 is 11.8 Å². The van der Waals surface area contributed by atoms with E-state index in [9.17, 15) is 14.0 Å². The molecule has 0 aliphatic carbocycles. The monoisotopic (exact) mass is 418 g/mol. The van der Waals surface area contributed by atoms with Crippen molar-refractivity contribution in [1.29, 1.82) is 0 Å². The van der Waals surface area contributed by atoms with Gasteiger partial charge in [-0.25, -0.2) is 9.29 Å². The third-order valence-electron chi connectivity index (χ3n) is 4.60. The van der Waals surface area contributed by atoms with Crippen LogP contribution in [0.4, 0.5) is 15.8 Å². The predicted molar refractivity (Wildman–Crippen MR) is 118 cm³/mol. The normalized spacial score (nSPS) is 13.9. The number of aryl methyl sites for hydroxylation is 2. The average molecular weight is 418 g/mol. The van der Waals surface area contributed by atoms with Gasteiger partial charge in [0, 0.05) is 4.90 Å². The highest BCUT2D eigenvalue weighted by Gasteiger charge is 2.40. The summed E-state index contributed by atoms with van der Waals surface area (Å²) in [7, 11) is 0. The van der Waals surface area contributed by atoms with Gasteiger partial charge in [0.25, 0.3) is 11.8 Å². The van der Waals surface area contributed by atoms with Crippen LogP contribution in [0.25, 0.3) is 0 Å². The van der Waals surface area contributed by atoms with Crippen molar-refractivity contribution in [2.45, 2.75) is 18.7 Å². The molecule has 0 fully saturated rings. The zero-order chi connectivity index (χ0) is 21.3. The molecule has 0 radical (unpaired) electrons. The highest BCUT2D eigenvalue weighted by atomic mass is 32.2. The number of carbonyl (C=O) groups excluding carboxylic acids is 2. The number of hydrogen-bond donors (Lipinski definition) is 1. The van der Waals surface area contributed by atoms with Crippen molar-refractivity contribution in [3.63, 3.8) is 0 Å². The van der Waals surface area contributed by atoms with E-state index in [1.165, 1.54) is 23.9 Å². The number of nitrogens with one attached hydrogen (secondary N) is 1. The van der Waals surface area contributed by atoms with Gasteiger partial charge in [-0.15, -0.1) is 0 Å². The molecular weight excluding hydrogens is 399 g/mol. The summed E-state index contributed by atoms with van der Waals surface area (Å²) < 4.78 is 14.2. The summed E-state index contributed by atoms with van der Waals surface area (Å²) in [5.41, 5.74) is 2.59. The molecule has 0 aromatic heterocycles. The largest absolute Gasteiger partial charge is 0.348 e. The van der Waals surface area contributed by atoms with Crippen molar-refractivity contribution in [1.82, 2.24) is 0 Å². The molecule has 0 saturated heterocycles. The van der Waals surface area contributed by atoms with Crippen LogP contribution in [0.1, 0.15) is 11.1 Å². The first-order valence-electron chi connectivity index (χ1n) is 9.40. The third kappa shape index (κ3) is 3.86. The molecular formula is C24H19FN2O2S. The third-order valence-corrected chi connectivity index (χ3v) is 5.69. The number of imide groups is 1. The second-order valence-electron chi connectivity index (χ2n) is 7.02. The van der Waals surface area contributed by atoms with Gasteiger partial charge in [0.2, 0.25) is 0 Å². The Morgan fingerprint density at radius 3 is 2.13 bits per heavy atom. The molecule has 1 N–H and O–H groups in total. The Balaban J connectivity index is 1.78. The Morgan fingerprint density at radius 2 is 1.47 bits per heavy atom. The molecule has 0 spiro atoms. The van der Waals surface area contributed by atoms with E-state index in [-0.39, 0.29) is 16.3 Å². The Bertz CT molecular complexity index is 1150. The summed E-state index contributed by atoms with van der Waals surface area (Å²) in [6.07, 6.45) is 0. The highest BCUT2D eigenvalue weighted by Crippen LogP contribution is 2.38. The molecule has 3 aromatic carbocycles. The molecule has 3 aromatic rings. The molecule has 1 aliphatic rings. The minimum atomic E-state index is -0.508. The average Bonchev–Trinajstić information content (AvgIpc) is 2.93. The Labute approximate surface area is 178 Å². The maximum atomic E-state index is 14.2. The molecule has 0 unspecified atom stereocenters. The molecule has 4 nitrogen and oxygen atoms in total. The molecule has 30 heavy (non-hydrogen) atoms. The quantitative estimate of drug-likeness (QED) is 0.561. The van der Waals surface area contributed by atoms with Crippen LogP contribution in [0.3, 0.4) is 0 Å². The van der Waals surface area contributed by atoms with E-state index >= 15 is 0 Å². The van der Waals surface area contributed by atoms with Crippen LogP contribution in [-0.4, -0.2) is 11.8 Å². The van der Waals surface area contributed by atoms with E-state index < -0.39 is 17.6 Å². The summed E-state index contributed by atoms with van der Waals surface area (Å²) in [4.78, 5) is 28.8. The van der Waals surface area contributed by atoms with Gasteiger partial charge in [-0.05, 0) is 61.4 Å². The van der Waals surface area contributed by atoms with Crippen LogP contribution in [0.15, 0.2) is 88.3 Å². The molecule has 0 atom stereocenters. The second-order valence-corrected chi connectivity index (χ2v) is 8.10. The molecule has 150 valence electrons. The van der Waals surface area contributed by atoms with Crippen LogP contribution in [0.2, 0.25) is 0 Å². The lowest BCUT2D eigenvalue weighted by molar-refractivity contribution is -0.120. The number of hydrogen-bond acceptors (Lipinski definition) is 4. The van der Waals surface area contributed by atoms with E-state index in [1.54, 1.807) is 24.3 Å². The number of rotatable bonds is 5. The summed E-state index contributed by atoms with van der Waals surface area (Å²) in [5.74, 6) is -1.44. The van der Waals surface area contributed by atoms with E-state index in [4.69, 9.17) is 0 Å². The molecule has 1 aliphatic heterocycles. The number of thioether (sulfide) groups is 1. The van der Waals surface area contributed by atoms with Gasteiger partial charge in [-0.2, -0.15) is 0 Å². The fourth-order valence-corrected chi connectivity index (χ4v) is 4.28. The summed E-state index contributed by atoms with van der Waals surface area (Å²) >= 11 is 1.19. The molecule has 2 amide bonds. The topological polar surface area (TPSA) is 49.4 Å². The van der Waals surface area contributed by atoms with Crippen LogP contribution < -0.4 is 10.2 Å². The van der Waals surface area contributed by atoms with E-state index in [2.05, 4.69) is 5.32 Å². The Morgan fingerprint density at radius 1 is 0.833 bits per heavy atom. The SMILES string of the molecule is Cc1cc(C)cc(N2C(=O)C(Nc3ccccc3F)=C(Sc3ccccc3)C2=O)c1. The van der Waals surface area contributed by atoms with E-state index in [0.717, 1.165) is 20.9 Å². The van der Waals surface area contributed by atoms with Crippen molar-refractivity contribution in [3.8, 4) is 0 Å². The maximum Gasteiger partial charge on any atom is 0.283 e. The first kappa shape index (κ1) is 19.9. The fraction of sp³-hybridized carbons (Fsp3) is 0.0833. The number of amides is 2. The summed E-state index contributed by atoms with van der Waals surface area (Å²) in [6.45, 7) is 3.82. The number of halogens is 1. The predicted octanol–water partition coefficient (Wildman–Crippen LogP) is 5.43. The summed E-state index contributed by atoms with van der Waals surface area (Å²) in [6, 6.07) is 20.9. The van der Waals surface area contributed by atoms with Crippen molar-refractivity contribution in [2.75, 3.05) is 10.2 Å². The number of benzene rings is 3. The van der Waals surface area contributed by atoms with Gasteiger partial charge >= 0.3 is 0 Å². The van der Waals surface area contributed by atoms with Crippen LogP contribution in [0, 0.1) is 19.7 Å². The highest BCUT2D eigenvalue weighted by molar-refractivity contribution is 8.04. The first-order chi connectivity index (χ1) is 14.4. The number of carbonyl (C=O) groups is 2. The number of para-hydroxylation sites is 1. The van der Waals surface area contributed by atoms with Gasteiger partial charge in [-0.3, -0.25) is 9.59 Å². The van der Waals surface area contributed by atoms with Crippen LogP contribution in [0.5, 0.6) is 0 Å². The minimum absolute atomic E-state index is 0.0677.